The van der Waals surface area contributed by atoms with E-state index in [2.05, 4.69) is 0 Å². The number of carboxylic acid groups (broad SMARTS) is 1. The fourth-order valence-electron chi connectivity index (χ4n) is 1.73. The summed E-state index contributed by atoms with van der Waals surface area (Å²) in [7, 11) is 0. The van der Waals surface area contributed by atoms with E-state index in [-0.39, 0.29) is 12.4 Å². The summed E-state index contributed by atoms with van der Waals surface area (Å²) in [6, 6.07) is 0. The van der Waals surface area contributed by atoms with Crippen molar-refractivity contribution in [1.29, 1.82) is 0 Å². The van der Waals surface area contributed by atoms with Crippen molar-refractivity contribution in [1.82, 2.24) is 0 Å². The molecular weight excluding hydrogens is 208 g/mol. The molecular formula is C12H22O4. The normalized spacial score (nSPS) is 15.3. The molecule has 0 spiro atoms. The summed E-state index contributed by atoms with van der Waals surface area (Å²) in [5.41, 5.74) is -1.64. The molecule has 0 rings (SSSR count). The van der Waals surface area contributed by atoms with Gasteiger partial charge in [0.25, 0.3) is 0 Å². The van der Waals surface area contributed by atoms with E-state index in [4.69, 9.17) is 9.84 Å². The van der Waals surface area contributed by atoms with Crippen molar-refractivity contribution in [2.45, 2.75) is 47.5 Å². The lowest BCUT2D eigenvalue weighted by molar-refractivity contribution is -0.159. The lowest BCUT2D eigenvalue weighted by atomic mass is 9.72. The molecule has 1 unspecified atom stereocenters. The molecule has 0 aromatic heterocycles. The van der Waals surface area contributed by atoms with E-state index in [0.717, 1.165) is 0 Å². The predicted molar refractivity (Wildman–Crippen MR) is 61.1 cm³/mol. The van der Waals surface area contributed by atoms with Crippen molar-refractivity contribution >= 4 is 11.9 Å². The maximum Gasteiger partial charge on any atom is 0.311 e. The number of rotatable bonds is 6. The molecule has 0 heterocycles. The van der Waals surface area contributed by atoms with Crippen LogP contribution >= 0.6 is 0 Å². The molecule has 0 amide bonds. The third-order valence-electron chi connectivity index (χ3n) is 2.96. The fraction of sp³-hybridized carbons (Fsp3) is 0.833. The van der Waals surface area contributed by atoms with Crippen LogP contribution in [0.1, 0.15) is 47.5 Å². The number of carbonyl (C=O) groups is 2. The van der Waals surface area contributed by atoms with E-state index >= 15 is 0 Å². The van der Waals surface area contributed by atoms with Gasteiger partial charge in [-0.3, -0.25) is 9.59 Å². The van der Waals surface area contributed by atoms with Gasteiger partial charge in [-0.15, -0.1) is 0 Å². The van der Waals surface area contributed by atoms with Crippen molar-refractivity contribution in [3.63, 3.8) is 0 Å². The Morgan fingerprint density at radius 2 is 1.69 bits per heavy atom. The summed E-state index contributed by atoms with van der Waals surface area (Å²) in [5, 5.41) is 9.16. The molecule has 4 nitrogen and oxygen atoms in total. The first-order valence-corrected chi connectivity index (χ1v) is 5.60. The van der Waals surface area contributed by atoms with E-state index in [1.165, 1.54) is 0 Å². The molecule has 0 saturated heterocycles. The predicted octanol–water partition coefficient (Wildman–Crippen LogP) is 2.47. The Bertz CT molecular complexity index is 270. The molecule has 0 bridgehead atoms. The highest BCUT2D eigenvalue weighted by Crippen LogP contribution is 2.37. The SMILES string of the molecule is CCOC(=O)C(C)(C)CC(C)(CC)C(=O)O. The zero-order valence-corrected chi connectivity index (χ0v) is 10.8. The third kappa shape index (κ3) is 3.51. The van der Waals surface area contributed by atoms with Gasteiger partial charge < -0.3 is 9.84 Å². The van der Waals surface area contributed by atoms with Gasteiger partial charge in [-0.1, -0.05) is 6.92 Å². The van der Waals surface area contributed by atoms with Crippen LogP contribution in [0.3, 0.4) is 0 Å². The van der Waals surface area contributed by atoms with Crippen molar-refractivity contribution in [3.8, 4) is 0 Å². The van der Waals surface area contributed by atoms with E-state index in [9.17, 15) is 9.59 Å². The van der Waals surface area contributed by atoms with Gasteiger partial charge in [0.1, 0.15) is 0 Å². The molecule has 4 heteroatoms. The quantitative estimate of drug-likeness (QED) is 0.712. The Kier molecular flexibility index (Phi) is 4.97. The van der Waals surface area contributed by atoms with Crippen LogP contribution in [-0.4, -0.2) is 23.7 Å². The van der Waals surface area contributed by atoms with E-state index < -0.39 is 16.8 Å². The molecule has 16 heavy (non-hydrogen) atoms. The largest absolute Gasteiger partial charge is 0.481 e. The topological polar surface area (TPSA) is 63.6 Å². The van der Waals surface area contributed by atoms with Crippen molar-refractivity contribution in [2.24, 2.45) is 10.8 Å². The second kappa shape index (κ2) is 5.32. The van der Waals surface area contributed by atoms with Gasteiger partial charge in [0.15, 0.2) is 0 Å². The van der Waals surface area contributed by atoms with Crippen LogP contribution in [0.15, 0.2) is 0 Å². The van der Waals surface area contributed by atoms with Crippen molar-refractivity contribution < 1.29 is 19.4 Å². The Labute approximate surface area is 97.0 Å². The van der Waals surface area contributed by atoms with Gasteiger partial charge in [0.05, 0.1) is 17.4 Å². The molecule has 0 fully saturated rings. The third-order valence-corrected chi connectivity index (χ3v) is 2.96. The summed E-state index contributed by atoms with van der Waals surface area (Å²) < 4.78 is 4.94. The maximum atomic E-state index is 11.7. The first-order valence-electron chi connectivity index (χ1n) is 5.60. The van der Waals surface area contributed by atoms with Gasteiger partial charge in [-0.25, -0.2) is 0 Å². The van der Waals surface area contributed by atoms with E-state index in [1.54, 1.807) is 27.7 Å². The molecule has 0 radical (unpaired) electrons. The average molecular weight is 230 g/mol. The van der Waals surface area contributed by atoms with Crippen LogP contribution in [0.5, 0.6) is 0 Å². The minimum Gasteiger partial charge on any atom is -0.481 e. The maximum absolute atomic E-state index is 11.7. The molecule has 0 saturated carbocycles. The zero-order chi connectivity index (χ0) is 13.0. The van der Waals surface area contributed by atoms with Crippen molar-refractivity contribution in [2.75, 3.05) is 6.61 Å². The van der Waals surface area contributed by atoms with Crippen LogP contribution in [0, 0.1) is 10.8 Å². The number of carboxylic acids is 1. The molecule has 0 aromatic carbocycles. The highest BCUT2D eigenvalue weighted by Gasteiger charge is 2.41. The smallest absolute Gasteiger partial charge is 0.311 e. The molecule has 94 valence electrons. The number of aliphatic carboxylic acids is 1. The monoisotopic (exact) mass is 230 g/mol. The van der Waals surface area contributed by atoms with Crippen LogP contribution in [0.4, 0.5) is 0 Å². The van der Waals surface area contributed by atoms with E-state index in [0.29, 0.717) is 13.0 Å². The molecule has 1 atom stereocenters. The van der Waals surface area contributed by atoms with Gasteiger partial charge >= 0.3 is 11.9 Å². The van der Waals surface area contributed by atoms with Gasteiger partial charge in [0.2, 0.25) is 0 Å². The van der Waals surface area contributed by atoms with Crippen LogP contribution in [-0.2, 0) is 14.3 Å². The first-order chi connectivity index (χ1) is 7.19. The summed E-state index contributed by atoms with van der Waals surface area (Å²) in [5.74, 6) is -1.21. The first kappa shape index (κ1) is 14.9. The van der Waals surface area contributed by atoms with E-state index in [1.807, 2.05) is 6.92 Å². The van der Waals surface area contributed by atoms with Crippen molar-refractivity contribution in [3.05, 3.63) is 0 Å². The lowest BCUT2D eigenvalue weighted by Gasteiger charge is -2.32. The molecule has 0 aliphatic rings. The summed E-state index contributed by atoms with van der Waals surface area (Å²) in [6.07, 6.45) is 0.774. The van der Waals surface area contributed by atoms with Crippen LogP contribution in [0.2, 0.25) is 0 Å². The van der Waals surface area contributed by atoms with Gasteiger partial charge in [-0.2, -0.15) is 0 Å². The standard InChI is InChI=1S/C12H22O4/c1-6-12(5,9(13)14)8-11(3,4)10(15)16-7-2/h6-8H2,1-5H3,(H,13,14). The Morgan fingerprint density at radius 1 is 1.19 bits per heavy atom. The van der Waals surface area contributed by atoms with Crippen LogP contribution < -0.4 is 0 Å². The fourth-order valence-corrected chi connectivity index (χ4v) is 1.73. The minimum absolute atomic E-state index is 0.282. The second-order valence-electron chi connectivity index (χ2n) is 5.00. The number of ether oxygens (including phenoxy) is 1. The summed E-state index contributed by atoms with van der Waals surface area (Å²) in [6.45, 7) is 8.98. The molecule has 0 aromatic rings. The number of hydrogen-bond acceptors (Lipinski definition) is 3. The number of esters is 1. The molecule has 1 N–H and O–H groups in total. The highest BCUT2D eigenvalue weighted by atomic mass is 16.5. The second-order valence-corrected chi connectivity index (χ2v) is 5.00. The zero-order valence-electron chi connectivity index (χ0n) is 10.8. The van der Waals surface area contributed by atoms with Crippen LogP contribution in [0.25, 0.3) is 0 Å². The number of hydrogen-bond donors (Lipinski definition) is 1. The highest BCUT2D eigenvalue weighted by molar-refractivity contribution is 5.79. The molecule has 0 aliphatic carbocycles. The number of carbonyl (C=O) groups excluding carboxylic acids is 1. The minimum atomic E-state index is -0.879. The van der Waals surface area contributed by atoms with Gasteiger partial charge in [-0.05, 0) is 40.5 Å². The molecule has 0 aliphatic heterocycles. The summed E-state index contributed by atoms with van der Waals surface area (Å²) >= 11 is 0. The average Bonchev–Trinajstić information content (AvgIpc) is 2.17. The van der Waals surface area contributed by atoms with Gasteiger partial charge in [0, 0.05) is 0 Å². The summed E-state index contributed by atoms with van der Waals surface area (Å²) in [4.78, 5) is 22.8. The Balaban J connectivity index is 4.80. The Morgan fingerprint density at radius 3 is 2.00 bits per heavy atom. The lowest BCUT2D eigenvalue weighted by Crippen LogP contribution is -2.37. The Hall–Kier alpha value is -1.06.